The molecular formula is C12H16FN3O4S. The van der Waals surface area contributed by atoms with Crippen LogP contribution in [0.1, 0.15) is 12.5 Å². The zero-order chi connectivity index (χ0) is 15.8. The van der Waals surface area contributed by atoms with E-state index >= 15 is 0 Å². The lowest BCUT2D eigenvalue weighted by molar-refractivity contribution is 0.200. The van der Waals surface area contributed by atoms with Gasteiger partial charge < -0.3 is 10.8 Å². The first kappa shape index (κ1) is 15.5. The monoisotopic (exact) mass is 317 g/mol. The van der Waals surface area contributed by atoms with Crippen LogP contribution in [0.3, 0.4) is 0 Å². The standard InChI is InChI=1S/C12H16FN3O4S/c1-12(8-4-7(14)2-3-9(8)13)6-21(19,20)5-10(16-12)15-11(17)18/h2-4,19-20H,5-6,14H2,1H3,(H,15,16)(H,17,18). The third-order valence-corrected chi connectivity index (χ3v) is 4.84. The van der Waals surface area contributed by atoms with E-state index in [0.29, 0.717) is 5.69 Å². The van der Waals surface area contributed by atoms with E-state index in [0.717, 1.165) is 6.07 Å². The number of carboxylic acid groups (broad SMARTS) is 1. The number of anilines is 1. The zero-order valence-electron chi connectivity index (χ0n) is 11.2. The molecule has 6 N–H and O–H groups in total. The Morgan fingerprint density at radius 1 is 1.52 bits per heavy atom. The molecule has 1 atom stereocenters. The highest BCUT2D eigenvalue weighted by molar-refractivity contribution is 8.24. The summed E-state index contributed by atoms with van der Waals surface area (Å²) in [5.74, 6) is -1.22. The summed E-state index contributed by atoms with van der Waals surface area (Å²) >= 11 is 0. The van der Waals surface area contributed by atoms with E-state index in [9.17, 15) is 18.3 Å². The van der Waals surface area contributed by atoms with Crippen molar-refractivity contribution in [2.45, 2.75) is 12.5 Å². The Morgan fingerprint density at radius 2 is 2.19 bits per heavy atom. The minimum Gasteiger partial charge on any atom is -0.465 e. The summed E-state index contributed by atoms with van der Waals surface area (Å²) in [6.07, 6.45) is -1.37. The summed E-state index contributed by atoms with van der Waals surface area (Å²) in [5, 5.41) is 10.7. The van der Waals surface area contributed by atoms with Crippen molar-refractivity contribution in [3.05, 3.63) is 29.6 Å². The zero-order valence-corrected chi connectivity index (χ0v) is 12.0. The molecule has 0 aromatic heterocycles. The molecule has 1 aromatic rings. The van der Waals surface area contributed by atoms with Gasteiger partial charge in [0.05, 0.1) is 11.5 Å². The van der Waals surface area contributed by atoms with Crippen LogP contribution in [0.15, 0.2) is 23.2 Å². The van der Waals surface area contributed by atoms with Gasteiger partial charge in [0.2, 0.25) is 0 Å². The Bertz CT molecular complexity index is 623. The van der Waals surface area contributed by atoms with Crippen LogP contribution in [-0.2, 0) is 5.54 Å². The summed E-state index contributed by atoms with van der Waals surface area (Å²) in [4.78, 5) is 14.9. The molecule has 21 heavy (non-hydrogen) atoms. The van der Waals surface area contributed by atoms with Gasteiger partial charge in [-0.25, -0.2) is 9.18 Å². The maximum absolute atomic E-state index is 14.0. The van der Waals surface area contributed by atoms with Crippen LogP contribution in [-0.4, -0.2) is 37.6 Å². The number of hydrogen-bond donors (Lipinski definition) is 5. The fraction of sp³-hybridized carbons (Fsp3) is 0.333. The first-order valence-electron chi connectivity index (χ1n) is 5.99. The van der Waals surface area contributed by atoms with Gasteiger partial charge >= 0.3 is 6.09 Å². The topological polar surface area (TPSA) is 128 Å². The molecule has 0 aliphatic carbocycles. The number of halogens is 1. The maximum Gasteiger partial charge on any atom is 0.410 e. The lowest BCUT2D eigenvalue weighted by atomic mass is 9.93. The van der Waals surface area contributed by atoms with Crippen molar-refractivity contribution in [2.75, 3.05) is 17.2 Å². The van der Waals surface area contributed by atoms with Crippen molar-refractivity contribution in [2.24, 2.45) is 4.99 Å². The second-order valence-electron chi connectivity index (χ2n) is 5.09. The molecule has 1 unspecified atom stereocenters. The molecule has 0 saturated heterocycles. The fourth-order valence-electron chi connectivity index (χ4n) is 2.36. The van der Waals surface area contributed by atoms with Crippen LogP contribution in [0.4, 0.5) is 14.9 Å². The number of amidine groups is 1. The van der Waals surface area contributed by atoms with Crippen LogP contribution in [0.25, 0.3) is 0 Å². The summed E-state index contributed by atoms with van der Waals surface area (Å²) in [7, 11) is -3.13. The molecular weight excluding hydrogens is 301 g/mol. The smallest absolute Gasteiger partial charge is 0.410 e. The number of carbonyl (C=O) groups is 1. The van der Waals surface area contributed by atoms with E-state index in [4.69, 9.17) is 10.8 Å². The number of nitrogens with two attached hydrogens (primary N) is 1. The van der Waals surface area contributed by atoms with Crippen LogP contribution < -0.4 is 11.1 Å². The minimum absolute atomic E-state index is 0.0897. The molecule has 0 fully saturated rings. The van der Waals surface area contributed by atoms with Crippen molar-refractivity contribution in [1.29, 1.82) is 0 Å². The molecule has 0 bridgehead atoms. The van der Waals surface area contributed by atoms with Crippen LogP contribution in [0.2, 0.25) is 0 Å². The van der Waals surface area contributed by atoms with E-state index in [-0.39, 0.29) is 22.9 Å². The summed E-state index contributed by atoms with van der Waals surface area (Å²) in [6, 6.07) is 3.90. The molecule has 0 spiro atoms. The lowest BCUT2D eigenvalue weighted by Gasteiger charge is -2.43. The number of hydrogen-bond acceptors (Lipinski definition) is 5. The third kappa shape index (κ3) is 3.43. The minimum atomic E-state index is -3.13. The molecule has 0 saturated carbocycles. The number of nitrogen functional groups attached to an aromatic ring is 1. The van der Waals surface area contributed by atoms with Gasteiger partial charge in [0.15, 0.2) is 0 Å². The van der Waals surface area contributed by atoms with Crippen LogP contribution in [0, 0.1) is 5.82 Å². The normalized spacial score (nSPS) is 25.8. The third-order valence-electron chi connectivity index (χ3n) is 3.08. The molecule has 1 aliphatic heterocycles. The van der Waals surface area contributed by atoms with Crippen molar-refractivity contribution in [1.82, 2.24) is 5.32 Å². The van der Waals surface area contributed by atoms with Crippen molar-refractivity contribution >= 4 is 28.2 Å². The molecule has 1 aliphatic rings. The van der Waals surface area contributed by atoms with Gasteiger partial charge in [-0.3, -0.25) is 19.4 Å². The van der Waals surface area contributed by atoms with Crippen LogP contribution >= 0.6 is 10.6 Å². The predicted octanol–water partition coefficient (Wildman–Crippen LogP) is 2.05. The van der Waals surface area contributed by atoms with Gasteiger partial charge in [0.25, 0.3) is 0 Å². The molecule has 116 valence electrons. The number of nitrogens with zero attached hydrogens (tertiary/aromatic N) is 1. The molecule has 7 nitrogen and oxygen atoms in total. The largest absolute Gasteiger partial charge is 0.465 e. The molecule has 1 amide bonds. The lowest BCUT2D eigenvalue weighted by Crippen LogP contribution is -2.43. The number of aliphatic imine (C=N–C) groups is 1. The highest BCUT2D eigenvalue weighted by atomic mass is 32.3. The van der Waals surface area contributed by atoms with Gasteiger partial charge in [-0.2, -0.15) is 10.6 Å². The van der Waals surface area contributed by atoms with Gasteiger partial charge in [-0.15, -0.1) is 0 Å². The maximum atomic E-state index is 14.0. The van der Waals surface area contributed by atoms with E-state index in [1.54, 1.807) is 0 Å². The molecule has 1 heterocycles. The first-order valence-corrected chi connectivity index (χ1v) is 7.88. The van der Waals surface area contributed by atoms with Gasteiger partial charge in [-0.1, -0.05) is 0 Å². The van der Waals surface area contributed by atoms with Gasteiger partial charge in [0.1, 0.15) is 17.2 Å². The highest BCUT2D eigenvalue weighted by Gasteiger charge is 2.40. The van der Waals surface area contributed by atoms with Crippen molar-refractivity contribution < 1.29 is 23.4 Å². The number of nitrogens with one attached hydrogen (secondary N) is 1. The summed E-state index contributed by atoms with van der Waals surface area (Å²) in [5.41, 5.74) is 4.71. The number of amides is 1. The number of rotatable bonds is 1. The number of benzene rings is 1. The van der Waals surface area contributed by atoms with E-state index in [1.807, 2.05) is 5.32 Å². The van der Waals surface area contributed by atoms with E-state index in [2.05, 4.69) is 4.99 Å². The Balaban J connectivity index is 2.52. The molecule has 0 radical (unpaired) electrons. The Hall–Kier alpha value is -1.84. The second-order valence-corrected chi connectivity index (χ2v) is 7.27. The van der Waals surface area contributed by atoms with Crippen LogP contribution in [0.5, 0.6) is 0 Å². The Labute approximate surface area is 122 Å². The predicted molar refractivity (Wildman–Crippen MR) is 79.3 cm³/mol. The molecule has 2 rings (SSSR count). The molecule has 9 heteroatoms. The van der Waals surface area contributed by atoms with E-state index < -0.39 is 28.0 Å². The fourth-order valence-corrected chi connectivity index (χ4v) is 4.16. The Morgan fingerprint density at radius 3 is 2.81 bits per heavy atom. The van der Waals surface area contributed by atoms with E-state index in [1.165, 1.54) is 19.1 Å². The average molecular weight is 317 g/mol. The summed E-state index contributed by atoms with van der Waals surface area (Å²) in [6.45, 7) is 1.50. The average Bonchev–Trinajstić information content (AvgIpc) is 2.28. The quantitative estimate of drug-likeness (QED) is 0.506. The van der Waals surface area contributed by atoms with Crippen molar-refractivity contribution in [3.8, 4) is 0 Å². The Kier molecular flexibility index (Phi) is 3.83. The second kappa shape index (κ2) is 5.17. The summed E-state index contributed by atoms with van der Waals surface area (Å²) < 4.78 is 34.0. The van der Waals surface area contributed by atoms with Gasteiger partial charge in [0, 0.05) is 11.3 Å². The highest BCUT2D eigenvalue weighted by Crippen LogP contribution is 2.49. The first-order chi connectivity index (χ1) is 9.61. The molecule has 1 aromatic carbocycles. The SMILES string of the molecule is CC1(c2cc(N)ccc2F)CS(O)(O)CC(NC(=O)O)=N1. The van der Waals surface area contributed by atoms with Crippen molar-refractivity contribution in [3.63, 3.8) is 0 Å². The van der Waals surface area contributed by atoms with Gasteiger partial charge in [-0.05, 0) is 25.1 Å².